The number of hydrogen-bond acceptors (Lipinski definition) is 7. The molecule has 4 aliphatic heterocycles. The minimum absolute atomic E-state index is 0.0249. The van der Waals surface area contributed by atoms with Gasteiger partial charge in [-0.1, -0.05) is 6.92 Å². The monoisotopic (exact) mass is 479 g/mol. The molecule has 2 amide bonds. The van der Waals surface area contributed by atoms with Crippen molar-refractivity contribution in [2.24, 2.45) is 11.8 Å². The van der Waals surface area contributed by atoms with Crippen LogP contribution in [0.5, 0.6) is 0 Å². The number of amides is 2. The van der Waals surface area contributed by atoms with Gasteiger partial charge in [0.05, 0.1) is 29.9 Å². The quantitative estimate of drug-likeness (QED) is 0.248. The van der Waals surface area contributed by atoms with E-state index in [9.17, 15) is 24.6 Å². The van der Waals surface area contributed by atoms with Crippen LogP contribution in [0.15, 0.2) is 10.6 Å². The first-order chi connectivity index (χ1) is 15.6. The highest BCUT2D eigenvalue weighted by Gasteiger charge is 2.60. The number of amidine groups is 1. The van der Waals surface area contributed by atoms with E-state index in [4.69, 9.17) is 5.41 Å². The molecule has 5 unspecified atom stereocenters. The molecule has 0 aromatic heterocycles. The van der Waals surface area contributed by atoms with Gasteiger partial charge in [0.15, 0.2) is 0 Å². The zero-order valence-electron chi connectivity index (χ0n) is 19.3. The van der Waals surface area contributed by atoms with E-state index in [1.165, 1.54) is 16.7 Å². The molecule has 0 bridgehead atoms. The third-order valence-corrected chi connectivity index (χ3v) is 8.79. The average molecular weight is 480 g/mol. The predicted octanol–water partition coefficient (Wildman–Crippen LogP) is 0.135. The van der Waals surface area contributed by atoms with Gasteiger partial charge in [0.25, 0.3) is 0 Å². The number of hydrogen-bond donors (Lipinski definition) is 4. The van der Waals surface area contributed by atoms with Crippen molar-refractivity contribution in [3.63, 3.8) is 0 Å². The van der Waals surface area contributed by atoms with Gasteiger partial charge in [-0.15, -0.1) is 11.8 Å². The molecule has 4 heterocycles. The third-order valence-electron chi connectivity index (χ3n) is 7.28. The van der Waals surface area contributed by atoms with Crippen LogP contribution >= 0.6 is 11.8 Å². The van der Waals surface area contributed by atoms with Gasteiger partial charge in [0.1, 0.15) is 5.70 Å². The largest absolute Gasteiger partial charge is 0.477 e. The highest BCUT2D eigenvalue weighted by Crippen LogP contribution is 2.51. The number of rotatable bonds is 5. The Morgan fingerprint density at radius 2 is 1.88 bits per heavy atom. The summed E-state index contributed by atoms with van der Waals surface area (Å²) < 4.78 is 0. The summed E-state index contributed by atoms with van der Waals surface area (Å²) in [5, 5.41) is 31.0. The van der Waals surface area contributed by atoms with Crippen LogP contribution in [0, 0.1) is 17.2 Å². The van der Waals surface area contributed by atoms with E-state index in [0.29, 0.717) is 43.3 Å². The van der Waals surface area contributed by atoms with Crippen molar-refractivity contribution < 1.29 is 24.6 Å². The zero-order chi connectivity index (χ0) is 24.0. The summed E-state index contributed by atoms with van der Waals surface area (Å²) >= 11 is 1.45. The molecule has 4 N–H and O–H groups in total. The molecule has 0 aromatic carbocycles. The van der Waals surface area contributed by atoms with Crippen LogP contribution in [0.3, 0.4) is 0 Å². The fourth-order valence-electron chi connectivity index (χ4n) is 5.53. The lowest BCUT2D eigenvalue weighted by Gasteiger charge is -2.46. The van der Waals surface area contributed by atoms with Gasteiger partial charge in [-0.2, -0.15) is 0 Å². The van der Waals surface area contributed by atoms with E-state index < -0.39 is 18.0 Å². The number of carboxylic acids is 1. The Hall–Kier alpha value is -2.11. The predicted molar refractivity (Wildman–Crippen MR) is 124 cm³/mol. The van der Waals surface area contributed by atoms with Crippen molar-refractivity contribution in [2.45, 2.75) is 57.1 Å². The standard InChI is InChI=1S/C22H33N5O5S/c1-11-17-16(12(2)28)21(30)27(17)18(22(31)32)19(11)33-14-9-15(24-10-14)20(29)26-6-4-5-25(7-8-26)13(3)23/h11-12,14-17,23-24,28H,4-10H2,1-3H3,(H,31,32)/t11?,12?,14?,15?,16?,17-/m1/s1. The molecule has 4 aliphatic rings. The molecule has 0 aliphatic carbocycles. The van der Waals surface area contributed by atoms with Crippen molar-refractivity contribution >= 4 is 35.4 Å². The third kappa shape index (κ3) is 4.26. The Labute approximate surface area is 197 Å². The van der Waals surface area contributed by atoms with Gasteiger partial charge in [-0.25, -0.2) is 4.79 Å². The van der Waals surface area contributed by atoms with E-state index in [0.717, 1.165) is 13.0 Å². The Bertz CT molecular complexity index is 892. The van der Waals surface area contributed by atoms with E-state index in [-0.39, 0.29) is 40.8 Å². The van der Waals surface area contributed by atoms with Crippen molar-refractivity contribution in [3.8, 4) is 0 Å². The number of nitrogens with zero attached hydrogens (tertiary/aromatic N) is 3. The Morgan fingerprint density at radius 1 is 1.21 bits per heavy atom. The van der Waals surface area contributed by atoms with Crippen LogP contribution < -0.4 is 5.32 Å². The van der Waals surface area contributed by atoms with Crippen molar-refractivity contribution in [3.05, 3.63) is 10.6 Å². The highest BCUT2D eigenvalue weighted by atomic mass is 32.2. The second-order valence-corrected chi connectivity index (χ2v) is 10.8. The number of carbonyl (C=O) groups is 3. The van der Waals surface area contributed by atoms with Crippen molar-refractivity contribution in [1.82, 2.24) is 20.0 Å². The fourth-order valence-corrected chi connectivity index (χ4v) is 7.01. The van der Waals surface area contributed by atoms with Gasteiger partial charge in [0, 0.05) is 48.8 Å². The van der Waals surface area contributed by atoms with E-state index in [1.54, 1.807) is 13.8 Å². The molecule has 182 valence electrons. The summed E-state index contributed by atoms with van der Waals surface area (Å²) in [6, 6.07) is -0.639. The molecular formula is C22H33N5O5S. The van der Waals surface area contributed by atoms with E-state index in [2.05, 4.69) is 5.32 Å². The molecule has 6 atom stereocenters. The summed E-state index contributed by atoms with van der Waals surface area (Å²) in [7, 11) is 0. The average Bonchev–Trinajstić information content (AvgIpc) is 3.18. The maximum absolute atomic E-state index is 13.1. The van der Waals surface area contributed by atoms with Gasteiger partial charge < -0.3 is 30.2 Å². The SMILES string of the molecule is CC(=N)N1CCCN(C(=O)C2CC(SC3=C(C(=O)O)N4C(=O)C(C(C)O)[C@H]4C3C)CN2)CC1. The number of nitrogens with one attached hydrogen (secondary N) is 2. The summed E-state index contributed by atoms with van der Waals surface area (Å²) in [4.78, 5) is 43.5. The topological polar surface area (TPSA) is 137 Å². The van der Waals surface area contributed by atoms with Crippen molar-refractivity contribution in [2.75, 3.05) is 32.7 Å². The molecular weight excluding hydrogens is 446 g/mol. The summed E-state index contributed by atoms with van der Waals surface area (Å²) in [5.74, 6) is -1.62. The zero-order valence-corrected chi connectivity index (χ0v) is 20.1. The van der Waals surface area contributed by atoms with Crippen LogP contribution in [0.2, 0.25) is 0 Å². The van der Waals surface area contributed by atoms with Crippen LogP contribution in [-0.4, -0.2) is 105 Å². The van der Waals surface area contributed by atoms with Gasteiger partial charge in [-0.05, 0) is 26.7 Å². The first-order valence-corrected chi connectivity index (χ1v) is 12.5. The van der Waals surface area contributed by atoms with E-state index in [1.807, 2.05) is 16.7 Å². The van der Waals surface area contributed by atoms with Crippen LogP contribution in [0.1, 0.15) is 33.6 Å². The molecule has 3 fully saturated rings. The Morgan fingerprint density at radius 3 is 2.52 bits per heavy atom. The highest BCUT2D eigenvalue weighted by molar-refractivity contribution is 8.03. The smallest absolute Gasteiger partial charge is 0.353 e. The second kappa shape index (κ2) is 9.27. The van der Waals surface area contributed by atoms with Crippen LogP contribution in [0.25, 0.3) is 0 Å². The molecule has 0 spiro atoms. The molecule has 10 nitrogen and oxygen atoms in total. The maximum atomic E-state index is 13.1. The fraction of sp³-hybridized carbons (Fsp3) is 0.727. The Kier molecular flexibility index (Phi) is 6.75. The number of β-lactam (4-membered cyclic amide) rings is 1. The van der Waals surface area contributed by atoms with Gasteiger partial charge >= 0.3 is 5.97 Å². The number of aliphatic carboxylic acids is 1. The molecule has 0 aromatic rings. The minimum Gasteiger partial charge on any atom is -0.477 e. The number of carbonyl (C=O) groups excluding carboxylic acids is 2. The first kappa shape index (κ1) is 24.0. The van der Waals surface area contributed by atoms with Gasteiger partial charge in [-0.3, -0.25) is 15.0 Å². The van der Waals surface area contributed by atoms with E-state index >= 15 is 0 Å². The summed E-state index contributed by atoms with van der Waals surface area (Å²) in [6.07, 6.45) is 0.598. The molecule has 33 heavy (non-hydrogen) atoms. The molecule has 4 rings (SSSR count). The summed E-state index contributed by atoms with van der Waals surface area (Å²) in [6.45, 7) is 8.54. The normalized spacial score (nSPS) is 33.0. The molecule has 11 heteroatoms. The van der Waals surface area contributed by atoms with Crippen LogP contribution in [-0.2, 0) is 14.4 Å². The lowest BCUT2D eigenvalue weighted by molar-refractivity contribution is -0.163. The number of thioether (sulfide) groups is 1. The lowest BCUT2D eigenvalue weighted by atomic mass is 9.79. The molecule has 0 radical (unpaired) electrons. The summed E-state index contributed by atoms with van der Waals surface area (Å²) in [5.41, 5.74) is 0.0313. The van der Waals surface area contributed by atoms with Crippen molar-refractivity contribution in [1.29, 1.82) is 5.41 Å². The molecule has 0 saturated carbocycles. The van der Waals surface area contributed by atoms with Crippen LogP contribution in [0.4, 0.5) is 0 Å². The maximum Gasteiger partial charge on any atom is 0.353 e. The first-order valence-electron chi connectivity index (χ1n) is 11.6. The lowest BCUT2D eigenvalue weighted by Crippen LogP contribution is -2.63. The van der Waals surface area contributed by atoms with Gasteiger partial charge in [0.2, 0.25) is 11.8 Å². The Balaban J connectivity index is 1.41. The second-order valence-electron chi connectivity index (χ2n) is 9.46. The minimum atomic E-state index is -1.13. The number of aliphatic hydroxyl groups is 1. The number of aliphatic hydroxyl groups excluding tert-OH is 1. The number of fused-ring (bicyclic) bond motifs is 1. The number of carboxylic acid groups (broad SMARTS) is 1. The molecule has 3 saturated heterocycles.